The summed E-state index contributed by atoms with van der Waals surface area (Å²) in [5.41, 5.74) is 7.52. The number of rotatable bonds is 13. The second kappa shape index (κ2) is 14.1. The number of benzene rings is 3. The summed E-state index contributed by atoms with van der Waals surface area (Å²) in [4.78, 5) is 60.4. The number of carbonyl (C=O) groups excluding carboxylic acids is 4. The van der Waals surface area contributed by atoms with Crippen LogP contribution in [0.5, 0.6) is 0 Å². The maximum atomic E-state index is 13.8. The Hall–Kier alpha value is -5.42. The number of hydrogen-bond donors (Lipinski definition) is 6. The third-order valence-corrected chi connectivity index (χ3v) is 8.22. The van der Waals surface area contributed by atoms with Gasteiger partial charge in [-0.3, -0.25) is 14.4 Å². The van der Waals surface area contributed by atoms with E-state index >= 15 is 0 Å². The molecule has 5 rings (SSSR count). The summed E-state index contributed by atoms with van der Waals surface area (Å²) in [6.45, 7) is 6.20. The monoisotopic (exact) mass is 650 g/mol. The standard InChI is InChI=1S/C37H42N6O5/c1-36(2,38)34(46)41-30(18-24-20-39-28-16-10-8-14-26(24)28)32(44)43-37(3,4)35(47)42-31(33(45)48-22-23-12-6-5-7-13-23)19-25-21-40-29-17-11-9-15-27(25)29/h5-17,20-21,30-31,39-40H,18-19,22,38H2,1-4H3,(H,41,46)(H,42,47)(H,43,44). The molecule has 11 heteroatoms. The summed E-state index contributed by atoms with van der Waals surface area (Å²) in [5, 5.41) is 10.2. The molecule has 0 aliphatic heterocycles. The first-order chi connectivity index (χ1) is 22.8. The van der Waals surface area contributed by atoms with E-state index < -0.39 is 46.9 Å². The summed E-state index contributed by atoms with van der Waals surface area (Å²) < 4.78 is 5.64. The molecule has 250 valence electrons. The number of nitrogens with two attached hydrogens (primary N) is 1. The average Bonchev–Trinajstić information content (AvgIpc) is 3.66. The predicted molar refractivity (Wildman–Crippen MR) is 185 cm³/mol. The van der Waals surface area contributed by atoms with Crippen LogP contribution < -0.4 is 21.7 Å². The van der Waals surface area contributed by atoms with Crippen molar-refractivity contribution in [2.24, 2.45) is 5.73 Å². The lowest BCUT2D eigenvalue weighted by molar-refractivity contribution is -0.149. The fraction of sp³-hybridized carbons (Fsp3) is 0.297. The molecule has 5 aromatic rings. The normalized spacial score (nSPS) is 13.1. The fourth-order valence-corrected chi connectivity index (χ4v) is 5.41. The van der Waals surface area contributed by atoms with Gasteiger partial charge in [-0.05, 0) is 56.5 Å². The van der Waals surface area contributed by atoms with Crippen LogP contribution in [0.4, 0.5) is 0 Å². The van der Waals surface area contributed by atoms with E-state index in [2.05, 4.69) is 25.9 Å². The van der Waals surface area contributed by atoms with E-state index in [0.29, 0.717) is 0 Å². The summed E-state index contributed by atoms with van der Waals surface area (Å²) in [6.07, 6.45) is 3.89. The number of esters is 1. The Labute approximate surface area is 279 Å². The molecule has 0 fully saturated rings. The quantitative estimate of drug-likeness (QED) is 0.106. The van der Waals surface area contributed by atoms with Crippen LogP contribution in [0.1, 0.15) is 44.4 Å². The van der Waals surface area contributed by atoms with E-state index in [9.17, 15) is 19.2 Å². The predicted octanol–water partition coefficient (Wildman–Crippen LogP) is 3.78. The van der Waals surface area contributed by atoms with Crippen LogP contribution >= 0.6 is 0 Å². The van der Waals surface area contributed by atoms with Crippen molar-refractivity contribution in [1.82, 2.24) is 25.9 Å². The van der Waals surface area contributed by atoms with Crippen LogP contribution in [-0.4, -0.2) is 56.8 Å². The lowest BCUT2D eigenvalue weighted by Crippen LogP contribution is -2.63. The maximum Gasteiger partial charge on any atom is 0.329 e. The molecule has 2 heterocycles. The van der Waals surface area contributed by atoms with Crippen LogP contribution in [0.15, 0.2) is 91.3 Å². The Balaban J connectivity index is 1.34. The Kier molecular flexibility index (Phi) is 10.00. The largest absolute Gasteiger partial charge is 0.459 e. The minimum Gasteiger partial charge on any atom is -0.459 e. The van der Waals surface area contributed by atoms with E-state index in [1.807, 2.05) is 78.9 Å². The number of aromatic amines is 2. The highest BCUT2D eigenvalue weighted by Crippen LogP contribution is 2.22. The van der Waals surface area contributed by atoms with Crippen molar-refractivity contribution >= 4 is 45.5 Å². The molecule has 0 saturated heterocycles. The Bertz CT molecular complexity index is 1920. The molecular formula is C37H42N6O5. The first-order valence-corrected chi connectivity index (χ1v) is 15.8. The van der Waals surface area contributed by atoms with Crippen molar-refractivity contribution in [3.05, 3.63) is 108 Å². The van der Waals surface area contributed by atoms with Crippen LogP contribution in [0.3, 0.4) is 0 Å². The van der Waals surface area contributed by atoms with Crippen molar-refractivity contribution in [3.8, 4) is 0 Å². The molecule has 2 aromatic heterocycles. The van der Waals surface area contributed by atoms with E-state index in [4.69, 9.17) is 10.5 Å². The van der Waals surface area contributed by atoms with Gasteiger partial charge in [0, 0.05) is 47.0 Å². The van der Waals surface area contributed by atoms with Gasteiger partial charge >= 0.3 is 5.97 Å². The summed E-state index contributed by atoms with van der Waals surface area (Å²) in [5.74, 6) is -2.33. The molecule has 7 N–H and O–H groups in total. The van der Waals surface area contributed by atoms with Gasteiger partial charge < -0.3 is 36.4 Å². The molecule has 0 aliphatic rings. The van der Waals surface area contributed by atoms with Gasteiger partial charge in [0.1, 0.15) is 24.2 Å². The van der Waals surface area contributed by atoms with Gasteiger partial charge in [-0.1, -0.05) is 66.7 Å². The van der Waals surface area contributed by atoms with Gasteiger partial charge in [0.2, 0.25) is 17.7 Å². The molecule has 0 spiro atoms. The molecule has 3 aromatic carbocycles. The van der Waals surface area contributed by atoms with E-state index in [1.54, 1.807) is 26.2 Å². The third kappa shape index (κ3) is 8.10. The summed E-state index contributed by atoms with van der Waals surface area (Å²) in [7, 11) is 0. The minimum absolute atomic E-state index is 0.0345. The van der Waals surface area contributed by atoms with Crippen LogP contribution in [0, 0.1) is 0 Å². The Morgan fingerprint density at radius 3 is 1.77 bits per heavy atom. The molecule has 0 radical (unpaired) electrons. The number of nitrogens with one attached hydrogen (secondary N) is 5. The second-order valence-electron chi connectivity index (χ2n) is 13.1. The molecule has 3 amide bonds. The fourth-order valence-electron chi connectivity index (χ4n) is 5.41. The Morgan fingerprint density at radius 1 is 0.708 bits per heavy atom. The molecule has 0 saturated carbocycles. The third-order valence-electron chi connectivity index (χ3n) is 8.22. The maximum absolute atomic E-state index is 13.8. The van der Waals surface area contributed by atoms with Crippen molar-refractivity contribution in [2.45, 2.75) is 70.3 Å². The lowest BCUT2D eigenvalue weighted by atomic mass is 9.98. The van der Waals surface area contributed by atoms with Gasteiger partial charge in [0.05, 0.1) is 5.54 Å². The number of H-pyrrole nitrogens is 2. The van der Waals surface area contributed by atoms with Crippen LogP contribution in [0.25, 0.3) is 21.8 Å². The molecule has 48 heavy (non-hydrogen) atoms. The average molecular weight is 651 g/mol. The van der Waals surface area contributed by atoms with Gasteiger partial charge in [-0.2, -0.15) is 0 Å². The first kappa shape index (κ1) is 33.9. The number of aromatic nitrogens is 2. The molecule has 2 atom stereocenters. The summed E-state index contributed by atoms with van der Waals surface area (Å²) >= 11 is 0. The number of ether oxygens (including phenoxy) is 1. The van der Waals surface area contributed by atoms with Gasteiger partial charge in [-0.25, -0.2) is 4.79 Å². The van der Waals surface area contributed by atoms with E-state index in [-0.39, 0.29) is 19.4 Å². The van der Waals surface area contributed by atoms with Crippen molar-refractivity contribution in [2.75, 3.05) is 0 Å². The van der Waals surface area contributed by atoms with Gasteiger partial charge in [0.15, 0.2) is 0 Å². The van der Waals surface area contributed by atoms with E-state index in [0.717, 1.165) is 38.5 Å². The molecule has 2 unspecified atom stereocenters. The smallest absolute Gasteiger partial charge is 0.329 e. The number of amides is 3. The highest BCUT2D eigenvalue weighted by Gasteiger charge is 2.37. The zero-order valence-corrected chi connectivity index (χ0v) is 27.6. The van der Waals surface area contributed by atoms with E-state index in [1.165, 1.54) is 13.8 Å². The van der Waals surface area contributed by atoms with Gasteiger partial charge in [-0.15, -0.1) is 0 Å². The highest BCUT2D eigenvalue weighted by molar-refractivity contribution is 5.97. The van der Waals surface area contributed by atoms with Crippen molar-refractivity contribution < 1.29 is 23.9 Å². The number of hydrogen-bond acceptors (Lipinski definition) is 6. The molecule has 0 bridgehead atoms. The Morgan fingerprint density at radius 2 is 1.21 bits per heavy atom. The van der Waals surface area contributed by atoms with Crippen LogP contribution in [0.2, 0.25) is 0 Å². The number of fused-ring (bicyclic) bond motifs is 2. The SMILES string of the molecule is CC(C)(N)C(=O)NC(Cc1c[nH]c2ccccc12)C(=O)NC(C)(C)C(=O)NC(Cc1c[nH]c2ccccc12)C(=O)OCc1ccccc1. The molecular weight excluding hydrogens is 608 g/mol. The summed E-state index contributed by atoms with van der Waals surface area (Å²) in [6, 6.07) is 22.4. The highest BCUT2D eigenvalue weighted by atomic mass is 16.5. The zero-order valence-electron chi connectivity index (χ0n) is 27.6. The zero-order chi connectivity index (χ0) is 34.5. The first-order valence-electron chi connectivity index (χ1n) is 15.8. The van der Waals surface area contributed by atoms with Crippen molar-refractivity contribution in [1.29, 1.82) is 0 Å². The number of carbonyl (C=O) groups is 4. The minimum atomic E-state index is -1.49. The van der Waals surface area contributed by atoms with Crippen LogP contribution in [-0.2, 0) is 43.4 Å². The lowest BCUT2D eigenvalue weighted by Gasteiger charge is -2.30. The molecule has 11 nitrogen and oxygen atoms in total. The second-order valence-corrected chi connectivity index (χ2v) is 13.1. The molecule has 0 aliphatic carbocycles. The topological polar surface area (TPSA) is 171 Å². The number of para-hydroxylation sites is 2. The van der Waals surface area contributed by atoms with Gasteiger partial charge in [0.25, 0.3) is 0 Å². The van der Waals surface area contributed by atoms with Crippen molar-refractivity contribution in [3.63, 3.8) is 0 Å².